The normalized spacial score (nSPS) is 8.00. The molecule has 0 spiro atoms. The molecule has 3 N–H and O–H groups in total. The minimum absolute atomic E-state index is 0.695. The van der Waals surface area contributed by atoms with E-state index in [1.807, 2.05) is 32.9 Å². The molecule has 0 saturated heterocycles. The van der Waals surface area contributed by atoms with Crippen molar-refractivity contribution in [1.29, 1.82) is 0 Å². The molecular weight excluding hydrogens is 138 g/mol. The molecule has 11 heavy (non-hydrogen) atoms. The number of nitrogens with one attached hydrogen (secondary N) is 1. The number of nitrogen functional groups attached to an aromatic ring is 1. The van der Waals surface area contributed by atoms with Gasteiger partial charge in [-0.25, -0.2) is 10.8 Å². The third kappa shape index (κ3) is 3.57. The Hall–Kier alpha value is -1.09. The fourth-order valence-corrected chi connectivity index (χ4v) is 0.553. The second-order valence-electron chi connectivity index (χ2n) is 1.87. The van der Waals surface area contributed by atoms with Crippen LogP contribution in [0.3, 0.4) is 0 Å². The third-order valence-corrected chi connectivity index (χ3v) is 1.06. The lowest BCUT2D eigenvalue weighted by Crippen LogP contribution is -2.07. The molecule has 0 aliphatic carbocycles. The number of hydrogen-bond acceptors (Lipinski definition) is 3. The van der Waals surface area contributed by atoms with E-state index in [0.717, 1.165) is 5.56 Å². The van der Waals surface area contributed by atoms with Gasteiger partial charge in [-0.2, -0.15) is 0 Å². The number of rotatable bonds is 1. The van der Waals surface area contributed by atoms with Crippen LogP contribution in [0, 0.1) is 6.92 Å². The SMILES string of the molecule is CC.Cc1ccc(NN)nc1. The predicted molar refractivity (Wildman–Crippen MR) is 48.1 cm³/mol. The molecule has 0 fully saturated rings. The molecule has 3 heteroatoms. The second-order valence-corrected chi connectivity index (χ2v) is 1.87. The van der Waals surface area contributed by atoms with Crippen molar-refractivity contribution in [3.8, 4) is 0 Å². The van der Waals surface area contributed by atoms with Crippen molar-refractivity contribution in [2.24, 2.45) is 5.84 Å². The van der Waals surface area contributed by atoms with Crippen molar-refractivity contribution in [3.05, 3.63) is 23.9 Å². The summed E-state index contributed by atoms with van der Waals surface area (Å²) in [5.74, 6) is 5.78. The van der Waals surface area contributed by atoms with Crippen LogP contribution < -0.4 is 11.3 Å². The standard InChI is InChI=1S/C6H9N3.C2H6/c1-5-2-3-6(9-7)8-4-5;1-2/h2-4H,7H2,1H3,(H,8,9);1-2H3. The van der Waals surface area contributed by atoms with Crippen LogP contribution in [-0.2, 0) is 0 Å². The number of hydrogen-bond donors (Lipinski definition) is 2. The Labute approximate surface area is 67.6 Å². The van der Waals surface area contributed by atoms with Crippen LogP contribution >= 0.6 is 0 Å². The fourth-order valence-electron chi connectivity index (χ4n) is 0.553. The summed E-state index contributed by atoms with van der Waals surface area (Å²) < 4.78 is 0. The lowest BCUT2D eigenvalue weighted by molar-refractivity contribution is 1.20. The van der Waals surface area contributed by atoms with Crippen LogP contribution in [0.1, 0.15) is 19.4 Å². The number of hydrazine groups is 1. The molecule has 0 saturated carbocycles. The molecule has 1 heterocycles. The van der Waals surface area contributed by atoms with E-state index in [2.05, 4.69) is 10.4 Å². The summed E-state index contributed by atoms with van der Waals surface area (Å²) in [7, 11) is 0. The largest absolute Gasteiger partial charge is 0.308 e. The molecule has 0 aliphatic heterocycles. The summed E-state index contributed by atoms with van der Waals surface area (Å²) in [5.41, 5.74) is 3.58. The zero-order valence-electron chi connectivity index (χ0n) is 7.26. The van der Waals surface area contributed by atoms with E-state index in [1.54, 1.807) is 6.20 Å². The Morgan fingerprint density at radius 2 is 2.00 bits per heavy atom. The summed E-state index contributed by atoms with van der Waals surface area (Å²) in [6.07, 6.45) is 1.76. The van der Waals surface area contributed by atoms with E-state index in [9.17, 15) is 0 Å². The van der Waals surface area contributed by atoms with Crippen molar-refractivity contribution >= 4 is 5.82 Å². The van der Waals surface area contributed by atoms with Gasteiger partial charge in [-0.15, -0.1) is 0 Å². The lowest BCUT2D eigenvalue weighted by atomic mass is 10.3. The van der Waals surface area contributed by atoms with Gasteiger partial charge in [0.15, 0.2) is 0 Å². The van der Waals surface area contributed by atoms with Crippen molar-refractivity contribution in [2.75, 3.05) is 5.43 Å². The number of anilines is 1. The summed E-state index contributed by atoms with van der Waals surface area (Å²) in [6, 6.07) is 3.78. The van der Waals surface area contributed by atoms with E-state index in [0.29, 0.717) is 5.82 Å². The summed E-state index contributed by atoms with van der Waals surface area (Å²) in [6.45, 7) is 5.98. The molecule has 62 valence electrons. The predicted octanol–water partition coefficient (Wildman–Crippen LogP) is 1.70. The van der Waals surface area contributed by atoms with Crippen LogP contribution in [0.2, 0.25) is 0 Å². The van der Waals surface area contributed by atoms with Crippen LogP contribution in [0.15, 0.2) is 18.3 Å². The molecule has 0 aromatic carbocycles. The monoisotopic (exact) mass is 153 g/mol. The molecule has 1 aromatic heterocycles. The van der Waals surface area contributed by atoms with Crippen LogP contribution in [0.5, 0.6) is 0 Å². The van der Waals surface area contributed by atoms with E-state index in [-0.39, 0.29) is 0 Å². The Kier molecular flexibility index (Phi) is 5.11. The van der Waals surface area contributed by atoms with Gasteiger partial charge in [0.1, 0.15) is 5.82 Å². The van der Waals surface area contributed by atoms with Gasteiger partial charge in [0.25, 0.3) is 0 Å². The Balaban J connectivity index is 0.000000461. The lowest BCUT2D eigenvalue weighted by Gasteiger charge is -1.96. The molecule has 0 amide bonds. The number of nitrogens with two attached hydrogens (primary N) is 1. The Morgan fingerprint density at radius 3 is 2.36 bits per heavy atom. The number of pyridine rings is 1. The summed E-state index contributed by atoms with van der Waals surface area (Å²) in [5, 5.41) is 0. The van der Waals surface area contributed by atoms with Crippen molar-refractivity contribution in [2.45, 2.75) is 20.8 Å². The number of aromatic nitrogens is 1. The average molecular weight is 153 g/mol. The van der Waals surface area contributed by atoms with Gasteiger partial charge >= 0.3 is 0 Å². The van der Waals surface area contributed by atoms with Crippen molar-refractivity contribution in [3.63, 3.8) is 0 Å². The first-order valence-corrected chi connectivity index (χ1v) is 3.72. The molecule has 0 unspecified atom stereocenters. The fraction of sp³-hybridized carbons (Fsp3) is 0.375. The highest BCUT2D eigenvalue weighted by Gasteiger charge is 1.85. The second kappa shape index (κ2) is 5.68. The Morgan fingerprint density at radius 1 is 1.36 bits per heavy atom. The zero-order chi connectivity index (χ0) is 8.69. The Bertz CT molecular complexity index is 181. The molecule has 0 bridgehead atoms. The van der Waals surface area contributed by atoms with Gasteiger partial charge in [-0.05, 0) is 18.6 Å². The first kappa shape index (κ1) is 9.91. The maximum atomic E-state index is 5.09. The highest BCUT2D eigenvalue weighted by atomic mass is 15.2. The molecule has 0 atom stereocenters. The molecule has 0 aliphatic rings. The van der Waals surface area contributed by atoms with Gasteiger partial charge in [0.2, 0.25) is 0 Å². The van der Waals surface area contributed by atoms with Crippen LogP contribution in [-0.4, -0.2) is 4.98 Å². The van der Waals surface area contributed by atoms with Crippen LogP contribution in [0.25, 0.3) is 0 Å². The minimum Gasteiger partial charge on any atom is -0.308 e. The molecular formula is C8H15N3. The number of aryl methyl sites for hydroxylation is 1. The summed E-state index contributed by atoms with van der Waals surface area (Å²) >= 11 is 0. The smallest absolute Gasteiger partial charge is 0.139 e. The van der Waals surface area contributed by atoms with E-state index < -0.39 is 0 Å². The molecule has 1 aromatic rings. The van der Waals surface area contributed by atoms with Crippen molar-refractivity contribution < 1.29 is 0 Å². The first-order valence-electron chi connectivity index (χ1n) is 3.72. The topological polar surface area (TPSA) is 50.9 Å². The quantitative estimate of drug-likeness (QED) is 0.477. The molecule has 1 rings (SSSR count). The molecule has 3 nitrogen and oxygen atoms in total. The maximum Gasteiger partial charge on any atom is 0.139 e. The third-order valence-electron chi connectivity index (χ3n) is 1.06. The van der Waals surface area contributed by atoms with Gasteiger partial charge in [-0.1, -0.05) is 19.9 Å². The summed E-state index contributed by atoms with van der Waals surface area (Å²) in [4.78, 5) is 3.96. The van der Waals surface area contributed by atoms with Gasteiger partial charge in [-0.3, -0.25) is 0 Å². The average Bonchev–Trinajstić information content (AvgIpc) is 2.10. The van der Waals surface area contributed by atoms with Gasteiger partial charge in [0.05, 0.1) is 0 Å². The van der Waals surface area contributed by atoms with E-state index in [4.69, 9.17) is 5.84 Å². The highest BCUT2D eigenvalue weighted by Crippen LogP contribution is 2.00. The van der Waals surface area contributed by atoms with Crippen molar-refractivity contribution in [1.82, 2.24) is 4.98 Å². The first-order chi connectivity index (χ1) is 5.33. The highest BCUT2D eigenvalue weighted by molar-refractivity contribution is 5.33. The zero-order valence-corrected chi connectivity index (χ0v) is 7.26. The number of nitrogens with zero attached hydrogens (tertiary/aromatic N) is 1. The van der Waals surface area contributed by atoms with Gasteiger partial charge < -0.3 is 5.43 Å². The van der Waals surface area contributed by atoms with E-state index >= 15 is 0 Å². The minimum atomic E-state index is 0.695. The van der Waals surface area contributed by atoms with Crippen LogP contribution in [0.4, 0.5) is 5.82 Å². The van der Waals surface area contributed by atoms with E-state index in [1.165, 1.54) is 0 Å². The molecule has 0 radical (unpaired) electrons. The maximum absolute atomic E-state index is 5.09. The van der Waals surface area contributed by atoms with Gasteiger partial charge in [0, 0.05) is 6.20 Å².